The van der Waals surface area contributed by atoms with Crippen molar-refractivity contribution in [3.8, 4) is 11.5 Å². The molecule has 0 aliphatic carbocycles. The van der Waals surface area contributed by atoms with E-state index in [1.54, 1.807) is 7.11 Å². The Bertz CT molecular complexity index is 787. The van der Waals surface area contributed by atoms with E-state index in [1.165, 1.54) is 37.7 Å². The van der Waals surface area contributed by atoms with Crippen molar-refractivity contribution in [2.75, 3.05) is 40.4 Å². The Kier molecular flexibility index (Phi) is 9.18. The number of likely N-dealkylation sites (tertiary alicyclic amines) is 1. The monoisotopic (exact) mass is 430 g/mol. The fourth-order valence-electron chi connectivity index (χ4n) is 4.19. The van der Waals surface area contributed by atoms with Crippen LogP contribution >= 0.6 is 0 Å². The maximum absolute atomic E-state index is 10.5. The molecule has 0 spiro atoms. The van der Waals surface area contributed by atoms with E-state index < -0.39 is 6.10 Å². The zero-order chi connectivity index (χ0) is 22.1. The van der Waals surface area contributed by atoms with E-state index in [0.717, 1.165) is 31.7 Å². The van der Waals surface area contributed by atoms with Crippen LogP contribution in [0.5, 0.6) is 11.5 Å². The first kappa shape index (κ1) is 23.6. The van der Waals surface area contributed by atoms with Crippen LogP contribution in [-0.4, -0.2) is 71.2 Å². The summed E-state index contributed by atoms with van der Waals surface area (Å²) in [7, 11) is 5.67. The molecule has 0 amide bonds. The van der Waals surface area contributed by atoms with Gasteiger partial charge in [-0.2, -0.15) is 5.10 Å². The van der Waals surface area contributed by atoms with Crippen molar-refractivity contribution in [1.29, 1.82) is 0 Å². The maximum atomic E-state index is 10.5. The largest absolute Gasteiger partial charge is 0.493 e. The predicted molar refractivity (Wildman–Crippen MR) is 122 cm³/mol. The van der Waals surface area contributed by atoms with Crippen molar-refractivity contribution in [3.63, 3.8) is 0 Å². The molecule has 3 rings (SSSR count). The third-order valence-corrected chi connectivity index (χ3v) is 5.74. The number of hydrogen-bond acceptors (Lipinski definition) is 6. The van der Waals surface area contributed by atoms with Crippen LogP contribution in [0.3, 0.4) is 0 Å². The van der Waals surface area contributed by atoms with Crippen LogP contribution in [-0.2, 0) is 20.1 Å². The molecule has 31 heavy (non-hydrogen) atoms. The topological polar surface area (TPSA) is 63.0 Å². The second-order valence-corrected chi connectivity index (χ2v) is 8.71. The zero-order valence-electron chi connectivity index (χ0n) is 19.3. The average Bonchev–Trinajstić information content (AvgIpc) is 3.13. The van der Waals surface area contributed by atoms with Crippen LogP contribution in [0.1, 0.15) is 43.2 Å². The van der Waals surface area contributed by atoms with E-state index in [1.807, 2.05) is 36.3 Å². The van der Waals surface area contributed by atoms with Gasteiger partial charge in [0.1, 0.15) is 12.7 Å². The van der Waals surface area contributed by atoms with Gasteiger partial charge in [0.05, 0.1) is 13.3 Å². The molecular weight excluding hydrogens is 392 g/mol. The number of rotatable bonds is 10. The fourth-order valence-corrected chi connectivity index (χ4v) is 4.19. The molecule has 1 unspecified atom stereocenters. The molecule has 2 aromatic rings. The summed E-state index contributed by atoms with van der Waals surface area (Å²) in [6.07, 6.45) is 9.80. The van der Waals surface area contributed by atoms with E-state index in [0.29, 0.717) is 18.0 Å². The van der Waals surface area contributed by atoms with Crippen LogP contribution in [0.2, 0.25) is 0 Å². The summed E-state index contributed by atoms with van der Waals surface area (Å²) in [5.41, 5.74) is 2.34. The smallest absolute Gasteiger partial charge is 0.161 e. The quantitative estimate of drug-likeness (QED) is 0.625. The van der Waals surface area contributed by atoms with Crippen molar-refractivity contribution in [3.05, 3.63) is 41.7 Å². The molecule has 1 aromatic carbocycles. The molecule has 7 nitrogen and oxygen atoms in total. The number of aliphatic hydroxyl groups is 1. The SMILES string of the molecule is COc1cc(CN(C)Cc2cnn(C)c2)ccc1OCC(O)CN1CCCCCCC1. The van der Waals surface area contributed by atoms with Crippen LogP contribution in [0, 0.1) is 0 Å². The minimum atomic E-state index is -0.505. The normalized spacial score (nSPS) is 16.7. The van der Waals surface area contributed by atoms with E-state index in [-0.39, 0.29) is 6.61 Å². The van der Waals surface area contributed by atoms with Crippen molar-refractivity contribution < 1.29 is 14.6 Å². The van der Waals surface area contributed by atoms with Gasteiger partial charge in [-0.3, -0.25) is 9.58 Å². The van der Waals surface area contributed by atoms with Gasteiger partial charge in [-0.05, 0) is 50.7 Å². The molecule has 1 aromatic heterocycles. The molecule has 1 atom stereocenters. The number of nitrogens with zero attached hydrogens (tertiary/aromatic N) is 4. The lowest BCUT2D eigenvalue weighted by atomic mass is 10.1. The second-order valence-electron chi connectivity index (χ2n) is 8.71. The highest BCUT2D eigenvalue weighted by molar-refractivity contribution is 5.43. The molecule has 1 saturated heterocycles. The van der Waals surface area contributed by atoms with Gasteiger partial charge < -0.3 is 19.5 Å². The summed E-state index contributed by atoms with van der Waals surface area (Å²) in [6, 6.07) is 6.01. The van der Waals surface area contributed by atoms with Crippen LogP contribution in [0.25, 0.3) is 0 Å². The number of aryl methyl sites for hydroxylation is 1. The van der Waals surface area contributed by atoms with E-state index in [2.05, 4.69) is 28.0 Å². The minimum absolute atomic E-state index is 0.271. The van der Waals surface area contributed by atoms with Crippen LogP contribution in [0.15, 0.2) is 30.6 Å². The lowest BCUT2D eigenvalue weighted by Gasteiger charge is -2.26. The predicted octanol–water partition coefficient (Wildman–Crippen LogP) is 3.07. The minimum Gasteiger partial charge on any atom is -0.493 e. The Morgan fingerprint density at radius 1 is 1.06 bits per heavy atom. The molecule has 1 aliphatic rings. The number of aliphatic hydroxyl groups excluding tert-OH is 1. The van der Waals surface area contributed by atoms with E-state index in [9.17, 15) is 5.11 Å². The Labute approximate surface area is 186 Å². The number of benzene rings is 1. The Balaban J connectivity index is 1.49. The Morgan fingerprint density at radius 3 is 2.45 bits per heavy atom. The zero-order valence-corrected chi connectivity index (χ0v) is 19.3. The van der Waals surface area contributed by atoms with Crippen LogP contribution in [0.4, 0.5) is 0 Å². The second kappa shape index (κ2) is 12.1. The van der Waals surface area contributed by atoms with Gasteiger partial charge in [0.15, 0.2) is 11.5 Å². The molecular formula is C24H38N4O3. The van der Waals surface area contributed by atoms with Gasteiger partial charge in [0.2, 0.25) is 0 Å². The molecule has 172 valence electrons. The molecule has 1 aliphatic heterocycles. The number of hydrogen-bond donors (Lipinski definition) is 1. The van der Waals surface area contributed by atoms with Gasteiger partial charge in [0, 0.05) is 38.4 Å². The van der Waals surface area contributed by atoms with Crippen molar-refractivity contribution >= 4 is 0 Å². The highest BCUT2D eigenvalue weighted by atomic mass is 16.5. The summed E-state index contributed by atoms with van der Waals surface area (Å²) >= 11 is 0. The first-order valence-corrected chi connectivity index (χ1v) is 11.4. The maximum Gasteiger partial charge on any atom is 0.161 e. The lowest BCUT2D eigenvalue weighted by molar-refractivity contribution is 0.0645. The van der Waals surface area contributed by atoms with Gasteiger partial charge >= 0.3 is 0 Å². The lowest BCUT2D eigenvalue weighted by Crippen LogP contribution is -2.37. The first-order chi connectivity index (χ1) is 15.0. The summed E-state index contributed by atoms with van der Waals surface area (Å²) in [5, 5.41) is 14.7. The van der Waals surface area contributed by atoms with Gasteiger partial charge in [-0.15, -0.1) is 0 Å². The highest BCUT2D eigenvalue weighted by Gasteiger charge is 2.15. The van der Waals surface area contributed by atoms with E-state index >= 15 is 0 Å². The molecule has 0 saturated carbocycles. The fraction of sp³-hybridized carbons (Fsp3) is 0.625. The molecule has 7 heteroatoms. The number of β-amino-alcohol motifs (C(OH)–C–C–N with tert-alkyl or cyclic N) is 1. The Morgan fingerprint density at radius 2 is 1.77 bits per heavy atom. The number of aromatic nitrogens is 2. The summed E-state index contributed by atoms with van der Waals surface area (Å²) in [5.74, 6) is 1.37. The van der Waals surface area contributed by atoms with Crippen molar-refractivity contribution in [2.24, 2.45) is 7.05 Å². The van der Waals surface area contributed by atoms with Gasteiger partial charge in [0.25, 0.3) is 0 Å². The van der Waals surface area contributed by atoms with E-state index in [4.69, 9.17) is 9.47 Å². The third-order valence-electron chi connectivity index (χ3n) is 5.74. The average molecular weight is 431 g/mol. The van der Waals surface area contributed by atoms with Crippen molar-refractivity contribution in [2.45, 2.75) is 51.3 Å². The van der Waals surface area contributed by atoms with Gasteiger partial charge in [-0.1, -0.05) is 25.3 Å². The molecule has 0 radical (unpaired) electrons. The molecule has 1 N–H and O–H groups in total. The standard InChI is InChI=1S/C24H38N4O3/c1-26(16-21-14-25-27(2)17-21)15-20-9-10-23(24(13-20)30-3)31-19-22(29)18-28-11-7-5-4-6-8-12-28/h9-10,13-14,17,22,29H,4-8,11-12,15-16,18-19H2,1-3H3. The summed E-state index contributed by atoms with van der Waals surface area (Å²) in [6.45, 7) is 4.70. The highest BCUT2D eigenvalue weighted by Crippen LogP contribution is 2.29. The summed E-state index contributed by atoms with van der Waals surface area (Å²) in [4.78, 5) is 4.60. The Hall–Kier alpha value is -2.09. The first-order valence-electron chi connectivity index (χ1n) is 11.4. The molecule has 0 bridgehead atoms. The van der Waals surface area contributed by atoms with Crippen LogP contribution < -0.4 is 9.47 Å². The van der Waals surface area contributed by atoms with Gasteiger partial charge in [-0.25, -0.2) is 0 Å². The summed E-state index contributed by atoms with van der Waals surface area (Å²) < 4.78 is 13.3. The third kappa shape index (κ3) is 7.83. The molecule has 2 heterocycles. The number of methoxy groups -OCH3 is 1. The molecule has 1 fully saturated rings. The van der Waals surface area contributed by atoms with Crippen molar-refractivity contribution in [1.82, 2.24) is 19.6 Å². The number of ether oxygens (including phenoxy) is 2.